The summed E-state index contributed by atoms with van der Waals surface area (Å²) in [7, 11) is 0. The number of carbonyl (C=O) groups excluding carboxylic acids is 1. The van der Waals surface area contributed by atoms with E-state index in [1.807, 2.05) is 41.0 Å². The number of fused-ring (bicyclic) bond motifs is 3. The van der Waals surface area contributed by atoms with Gasteiger partial charge in [-0.25, -0.2) is 4.79 Å². The van der Waals surface area contributed by atoms with Crippen molar-refractivity contribution in [3.8, 4) is 22.8 Å². The zero-order valence-corrected chi connectivity index (χ0v) is 17.6. The molecule has 0 bridgehead atoms. The minimum Gasteiger partial charge on any atom is -0.504 e. The smallest absolute Gasteiger partial charge is 0.343 e. The number of nitrogens with zero attached hydrogens (tertiary/aromatic N) is 1. The van der Waals surface area contributed by atoms with Crippen LogP contribution in [0.4, 0.5) is 0 Å². The van der Waals surface area contributed by atoms with E-state index in [1.165, 1.54) is 6.07 Å². The molecule has 1 atom stereocenters. The maximum absolute atomic E-state index is 12.6. The lowest BCUT2D eigenvalue weighted by Gasteiger charge is -2.30. The number of ether oxygens (including phenoxy) is 2. The van der Waals surface area contributed by atoms with Crippen LogP contribution in [-0.4, -0.2) is 22.2 Å². The molecular formula is C25H25NO5. The van der Waals surface area contributed by atoms with Gasteiger partial charge in [0.2, 0.25) is 0 Å². The molecule has 1 N–H and O–H groups in total. The summed E-state index contributed by atoms with van der Waals surface area (Å²) in [6.07, 6.45) is 3.11. The van der Waals surface area contributed by atoms with Crippen molar-refractivity contribution in [1.82, 2.24) is 4.57 Å². The zero-order valence-electron chi connectivity index (χ0n) is 17.6. The van der Waals surface area contributed by atoms with E-state index in [4.69, 9.17) is 9.47 Å². The van der Waals surface area contributed by atoms with Crippen molar-refractivity contribution in [2.45, 2.75) is 39.3 Å². The van der Waals surface area contributed by atoms with Crippen molar-refractivity contribution >= 4 is 5.97 Å². The number of phenolic OH excluding ortho intramolecular Hbond substituents is 1. The van der Waals surface area contributed by atoms with Gasteiger partial charge in [0.25, 0.3) is 0 Å². The summed E-state index contributed by atoms with van der Waals surface area (Å²) in [5.74, 6) is -0.189. The van der Waals surface area contributed by atoms with Gasteiger partial charge in [-0.2, -0.15) is 0 Å². The molecule has 1 aliphatic heterocycles. The van der Waals surface area contributed by atoms with Crippen molar-refractivity contribution in [2.24, 2.45) is 0 Å². The lowest BCUT2D eigenvalue weighted by atomic mass is 9.90. The highest BCUT2D eigenvalue weighted by Crippen LogP contribution is 2.41. The van der Waals surface area contributed by atoms with Crippen molar-refractivity contribution in [2.75, 3.05) is 6.61 Å². The topological polar surface area (TPSA) is 77.8 Å². The maximum Gasteiger partial charge on any atom is 0.343 e. The lowest BCUT2D eigenvalue weighted by molar-refractivity contribution is 0.0523. The van der Waals surface area contributed by atoms with E-state index >= 15 is 0 Å². The number of pyridine rings is 1. The predicted molar refractivity (Wildman–Crippen MR) is 118 cm³/mol. The Morgan fingerprint density at radius 2 is 1.94 bits per heavy atom. The second-order valence-electron chi connectivity index (χ2n) is 7.58. The van der Waals surface area contributed by atoms with Gasteiger partial charge in [-0.05, 0) is 43.0 Å². The first-order valence-corrected chi connectivity index (χ1v) is 10.5. The molecule has 2 aromatic carbocycles. The van der Waals surface area contributed by atoms with Crippen LogP contribution in [0, 0.1) is 0 Å². The normalized spacial score (nSPS) is 14.5. The molecule has 0 amide bonds. The molecule has 0 saturated carbocycles. The molecule has 0 fully saturated rings. The van der Waals surface area contributed by atoms with Gasteiger partial charge in [-0.3, -0.25) is 4.79 Å². The minimum atomic E-state index is -0.615. The van der Waals surface area contributed by atoms with E-state index in [2.05, 4.69) is 6.92 Å². The summed E-state index contributed by atoms with van der Waals surface area (Å²) in [5.41, 5.74) is 3.08. The van der Waals surface area contributed by atoms with Gasteiger partial charge in [0.05, 0.1) is 12.3 Å². The third kappa shape index (κ3) is 4.06. The molecule has 31 heavy (non-hydrogen) atoms. The SMILES string of the molecule is CCOC(=O)c1cn2c(cc1=O)-c1cc(O)c(OCc3ccccc3)cc1CC2CC. The monoisotopic (exact) mass is 419 g/mol. The molecule has 3 aromatic rings. The van der Waals surface area contributed by atoms with E-state index in [0.29, 0.717) is 24.5 Å². The Kier molecular flexibility index (Phi) is 5.80. The minimum absolute atomic E-state index is 0.0121. The standard InChI is InChI=1S/C25H25NO5/c1-3-18-10-17-11-24(31-15-16-8-6-5-7-9-16)23(28)12-19(17)21-13-22(27)20(14-26(18)21)25(29)30-4-2/h5-9,11-14,18,28H,3-4,10,15H2,1-2H3. The Balaban J connectivity index is 1.72. The van der Waals surface area contributed by atoms with E-state index in [0.717, 1.165) is 23.1 Å². The van der Waals surface area contributed by atoms with Crippen LogP contribution in [0.25, 0.3) is 11.3 Å². The number of aromatic nitrogens is 1. The highest BCUT2D eigenvalue weighted by Gasteiger charge is 2.27. The number of phenols is 1. The van der Waals surface area contributed by atoms with Crippen molar-refractivity contribution < 1.29 is 19.4 Å². The molecule has 0 aliphatic carbocycles. The zero-order chi connectivity index (χ0) is 22.0. The Morgan fingerprint density at radius 1 is 1.16 bits per heavy atom. The van der Waals surface area contributed by atoms with Gasteiger partial charge in [0, 0.05) is 23.9 Å². The summed E-state index contributed by atoms with van der Waals surface area (Å²) in [4.78, 5) is 24.8. The molecule has 6 nitrogen and oxygen atoms in total. The number of carbonyl (C=O) groups is 1. The van der Waals surface area contributed by atoms with Crippen LogP contribution >= 0.6 is 0 Å². The first kappa shape index (κ1) is 20.7. The summed E-state index contributed by atoms with van der Waals surface area (Å²) in [5, 5.41) is 10.6. The van der Waals surface area contributed by atoms with Crippen molar-refractivity contribution in [3.63, 3.8) is 0 Å². The Morgan fingerprint density at radius 3 is 2.65 bits per heavy atom. The van der Waals surface area contributed by atoms with Crippen LogP contribution in [-0.2, 0) is 17.8 Å². The van der Waals surface area contributed by atoms with E-state index in [-0.39, 0.29) is 24.0 Å². The number of esters is 1. The first-order valence-electron chi connectivity index (χ1n) is 10.5. The number of rotatable bonds is 6. The van der Waals surface area contributed by atoms with Gasteiger partial charge >= 0.3 is 5.97 Å². The number of hydrogen-bond acceptors (Lipinski definition) is 5. The van der Waals surface area contributed by atoms with Gasteiger partial charge < -0.3 is 19.1 Å². The van der Waals surface area contributed by atoms with E-state index in [9.17, 15) is 14.7 Å². The second-order valence-corrected chi connectivity index (χ2v) is 7.58. The molecule has 0 saturated heterocycles. The van der Waals surface area contributed by atoms with Gasteiger partial charge in [-0.15, -0.1) is 0 Å². The molecule has 0 radical (unpaired) electrons. The van der Waals surface area contributed by atoms with Gasteiger partial charge in [0.15, 0.2) is 16.9 Å². The summed E-state index contributed by atoms with van der Waals surface area (Å²) in [6.45, 7) is 4.33. The molecule has 1 aromatic heterocycles. The van der Waals surface area contributed by atoms with Crippen LogP contribution in [0.3, 0.4) is 0 Å². The summed E-state index contributed by atoms with van der Waals surface area (Å²) in [6, 6.07) is 14.8. The highest BCUT2D eigenvalue weighted by atomic mass is 16.5. The van der Waals surface area contributed by atoms with Gasteiger partial charge in [0.1, 0.15) is 12.2 Å². The molecule has 6 heteroatoms. The number of hydrogen-bond donors (Lipinski definition) is 1. The molecule has 0 spiro atoms. The average Bonchev–Trinajstić information content (AvgIpc) is 2.78. The maximum atomic E-state index is 12.6. The van der Waals surface area contributed by atoms with Crippen LogP contribution in [0.15, 0.2) is 59.5 Å². The second kappa shape index (κ2) is 8.68. The van der Waals surface area contributed by atoms with E-state index < -0.39 is 11.4 Å². The molecule has 1 aliphatic rings. The molecule has 1 unspecified atom stereocenters. The van der Waals surface area contributed by atoms with E-state index in [1.54, 1.807) is 19.2 Å². The Bertz CT molecular complexity index is 1170. The average molecular weight is 419 g/mol. The van der Waals surface area contributed by atoms with Gasteiger partial charge in [-0.1, -0.05) is 37.3 Å². The largest absolute Gasteiger partial charge is 0.504 e. The summed E-state index contributed by atoms with van der Waals surface area (Å²) < 4.78 is 12.8. The first-order chi connectivity index (χ1) is 15.0. The van der Waals surface area contributed by atoms with Crippen molar-refractivity contribution in [1.29, 1.82) is 0 Å². The van der Waals surface area contributed by atoms with Crippen LogP contribution in [0.1, 0.15) is 47.8 Å². The lowest BCUT2D eigenvalue weighted by Crippen LogP contribution is -2.26. The third-order valence-electron chi connectivity index (χ3n) is 5.59. The fourth-order valence-electron chi connectivity index (χ4n) is 3.99. The predicted octanol–water partition coefficient (Wildman–Crippen LogP) is 4.48. The molecule has 4 rings (SSSR count). The third-order valence-corrected chi connectivity index (χ3v) is 5.59. The Hall–Kier alpha value is -3.54. The van der Waals surface area contributed by atoms with Crippen molar-refractivity contribution in [3.05, 3.63) is 81.6 Å². The van der Waals surface area contributed by atoms with Crippen LogP contribution in [0.5, 0.6) is 11.5 Å². The number of benzene rings is 2. The molecular weight excluding hydrogens is 394 g/mol. The molecule has 2 heterocycles. The highest BCUT2D eigenvalue weighted by molar-refractivity contribution is 5.89. The molecule has 160 valence electrons. The number of aromatic hydroxyl groups is 1. The van der Waals surface area contributed by atoms with Crippen LogP contribution in [0.2, 0.25) is 0 Å². The Labute approximate surface area is 180 Å². The fourth-order valence-corrected chi connectivity index (χ4v) is 3.99. The van der Waals surface area contributed by atoms with Crippen LogP contribution < -0.4 is 10.2 Å². The fraction of sp³-hybridized carbons (Fsp3) is 0.280. The quantitative estimate of drug-likeness (QED) is 0.596. The summed E-state index contributed by atoms with van der Waals surface area (Å²) >= 11 is 0.